The molecule has 0 amide bonds. The minimum Gasteiger partial charge on any atom is -0.338 e. The molecule has 0 saturated carbocycles. The highest BCUT2D eigenvalue weighted by Crippen LogP contribution is 2.11. The summed E-state index contributed by atoms with van der Waals surface area (Å²) >= 11 is 6.10. The van der Waals surface area contributed by atoms with Crippen molar-refractivity contribution in [3.63, 3.8) is 0 Å². The number of nitrogens with one attached hydrogen (secondary N) is 2. The molecular weight excluding hydrogens is 338 g/mol. The normalized spacial score (nSPS) is 12.3. The number of thiocarbonyl (C=S) groups is 1. The van der Waals surface area contributed by atoms with Gasteiger partial charge in [-0.15, -0.1) is 11.4 Å². The van der Waals surface area contributed by atoms with Gasteiger partial charge in [0, 0.05) is 5.37 Å². The lowest BCUT2D eigenvalue weighted by molar-refractivity contribution is 1.30. The quantitative estimate of drug-likeness (QED) is 0.294. The zero-order valence-corrected chi connectivity index (χ0v) is 14.2. The fourth-order valence-electron chi connectivity index (χ4n) is 2.33. The molecule has 0 aliphatic heterocycles. The third-order valence-electron chi connectivity index (χ3n) is 3.41. The number of rotatable bonds is 2. The maximum absolute atomic E-state index is 5.29. The SMILES string of the molecule is S=C(N=Cc1nc2ccccc2[nH]1)[SH]=Cc1nc2ccccc2[nH]1. The van der Waals surface area contributed by atoms with E-state index in [0.717, 1.165) is 39.2 Å². The van der Waals surface area contributed by atoms with Gasteiger partial charge in [-0.25, -0.2) is 15.0 Å². The number of fused-ring (bicyclic) bond motifs is 2. The first-order valence-electron chi connectivity index (χ1n) is 7.29. The predicted octanol–water partition coefficient (Wildman–Crippen LogP) is 3.46. The zero-order valence-electron chi connectivity index (χ0n) is 12.5. The lowest BCUT2D eigenvalue weighted by Crippen LogP contribution is -1.88. The van der Waals surface area contributed by atoms with Crippen molar-refractivity contribution < 1.29 is 0 Å². The average molecular weight is 351 g/mol. The Morgan fingerprint density at radius 3 is 2.17 bits per heavy atom. The van der Waals surface area contributed by atoms with Crippen LogP contribution in [0.4, 0.5) is 0 Å². The van der Waals surface area contributed by atoms with Crippen LogP contribution >= 0.6 is 23.6 Å². The van der Waals surface area contributed by atoms with Crippen molar-refractivity contribution in [3.8, 4) is 0 Å². The number of nitrogens with zero attached hydrogens (tertiary/aromatic N) is 3. The molecule has 4 rings (SSSR count). The smallest absolute Gasteiger partial charge is 0.151 e. The van der Waals surface area contributed by atoms with Crippen molar-refractivity contribution in [2.75, 3.05) is 0 Å². The topological polar surface area (TPSA) is 69.7 Å². The van der Waals surface area contributed by atoms with Crippen LogP contribution in [0.2, 0.25) is 0 Å². The lowest BCUT2D eigenvalue weighted by Gasteiger charge is -1.88. The molecule has 2 aromatic carbocycles. The van der Waals surface area contributed by atoms with E-state index in [4.69, 9.17) is 12.2 Å². The van der Waals surface area contributed by atoms with Crippen LogP contribution in [0.3, 0.4) is 0 Å². The molecule has 2 heterocycles. The van der Waals surface area contributed by atoms with E-state index >= 15 is 0 Å². The molecular formula is C17H13N5S2. The first kappa shape index (κ1) is 14.9. The van der Waals surface area contributed by atoms with Crippen molar-refractivity contribution in [2.45, 2.75) is 0 Å². The molecule has 0 atom stereocenters. The number of hydrogen-bond acceptors (Lipinski definition) is 3. The van der Waals surface area contributed by atoms with Gasteiger partial charge in [0.2, 0.25) is 0 Å². The molecule has 24 heavy (non-hydrogen) atoms. The molecule has 0 aliphatic rings. The van der Waals surface area contributed by atoms with Gasteiger partial charge in [-0.05, 0) is 24.3 Å². The van der Waals surface area contributed by atoms with Gasteiger partial charge in [-0.3, -0.25) is 0 Å². The molecule has 118 valence electrons. The van der Waals surface area contributed by atoms with Crippen LogP contribution in [-0.2, 0) is 0 Å². The molecule has 7 heteroatoms. The summed E-state index contributed by atoms with van der Waals surface area (Å²) in [5.74, 6) is 1.48. The molecule has 0 saturated heterocycles. The number of benzene rings is 2. The molecule has 0 spiro atoms. The molecule has 0 bridgehead atoms. The second kappa shape index (κ2) is 6.46. The zero-order chi connectivity index (χ0) is 16.4. The van der Waals surface area contributed by atoms with Crippen LogP contribution in [0.5, 0.6) is 0 Å². The van der Waals surface area contributed by atoms with Crippen molar-refractivity contribution in [1.29, 1.82) is 0 Å². The van der Waals surface area contributed by atoms with Crippen LogP contribution in [0.1, 0.15) is 11.6 Å². The Morgan fingerprint density at radius 1 is 0.917 bits per heavy atom. The Labute approximate surface area is 146 Å². The van der Waals surface area contributed by atoms with Gasteiger partial charge >= 0.3 is 0 Å². The fourth-order valence-corrected chi connectivity index (χ4v) is 3.02. The van der Waals surface area contributed by atoms with Gasteiger partial charge in [0.25, 0.3) is 0 Å². The summed E-state index contributed by atoms with van der Waals surface area (Å²) in [6, 6.07) is 15.8. The minimum atomic E-state index is 0.552. The first-order valence-corrected chi connectivity index (χ1v) is 8.67. The third kappa shape index (κ3) is 3.17. The second-order valence-corrected chi connectivity index (χ2v) is 6.71. The highest BCUT2D eigenvalue weighted by atomic mass is 32.2. The molecule has 0 fully saturated rings. The highest BCUT2D eigenvalue weighted by Gasteiger charge is 2.00. The van der Waals surface area contributed by atoms with Gasteiger partial charge in [-0.1, -0.05) is 36.5 Å². The summed E-state index contributed by atoms with van der Waals surface area (Å²) in [6.07, 6.45) is 1.65. The maximum Gasteiger partial charge on any atom is 0.151 e. The number of H-pyrrole nitrogens is 2. The minimum absolute atomic E-state index is 0.552. The van der Waals surface area contributed by atoms with E-state index in [2.05, 4.69) is 24.9 Å². The average Bonchev–Trinajstić information content (AvgIpc) is 3.21. The monoisotopic (exact) mass is 351 g/mol. The maximum atomic E-state index is 5.29. The van der Waals surface area contributed by atoms with Crippen LogP contribution in [-0.4, -0.2) is 35.8 Å². The Kier molecular flexibility index (Phi) is 4.02. The fraction of sp³-hybridized carbons (Fsp3) is 0. The van der Waals surface area contributed by atoms with Crippen molar-refractivity contribution in [3.05, 3.63) is 60.2 Å². The molecule has 2 N–H and O–H groups in total. The summed E-state index contributed by atoms with van der Waals surface area (Å²) in [7, 11) is 0. The van der Waals surface area contributed by atoms with Crippen molar-refractivity contribution in [2.24, 2.45) is 4.99 Å². The van der Waals surface area contributed by atoms with Crippen molar-refractivity contribution in [1.82, 2.24) is 19.9 Å². The van der Waals surface area contributed by atoms with Crippen LogP contribution in [0.15, 0.2) is 53.5 Å². The van der Waals surface area contributed by atoms with E-state index in [1.165, 1.54) is 0 Å². The number of thiol groups is 1. The summed E-state index contributed by atoms with van der Waals surface area (Å²) in [4.78, 5) is 19.6. The molecule has 0 aliphatic carbocycles. The van der Waals surface area contributed by atoms with Gasteiger partial charge < -0.3 is 9.97 Å². The predicted molar refractivity (Wildman–Crippen MR) is 107 cm³/mol. The second-order valence-electron chi connectivity index (χ2n) is 5.08. The third-order valence-corrected chi connectivity index (χ3v) is 4.54. The van der Waals surface area contributed by atoms with Gasteiger partial charge in [0.15, 0.2) is 4.32 Å². The molecule has 0 radical (unpaired) electrons. The Hall–Kier alpha value is -2.64. The number of aliphatic imine (C=N–C) groups is 1. The summed E-state index contributed by atoms with van der Waals surface area (Å²) in [6.45, 7) is 0. The van der Waals surface area contributed by atoms with Gasteiger partial charge in [0.05, 0.1) is 28.3 Å². The van der Waals surface area contributed by atoms with E-state index < -0.39 is 0 Å². The Balaban J connectivity index is 1.49. The van der Waals surface area contributed by atoms with Crippen LogP contribution in [0.25, 0.3) is 22.1 Å². The summed E-state index contributed by atoms with van der Waals surface area (Å²) in [5, 5.41) is 1.91. The van der Waals surface area contributed by atoms with Gasteiger partial charge in [-0.2, -0.15) is 0 Å². The first-order chi connectivity index (χ1) is 11.8. The largest absolute Gasteiger partial charge is 0.338 e. The van der Waals surface area contributed by atoms with E-state index in [1.54, 1.807) is 6.21 Å². The standard InChI is InChI=1S/C17H13N5S2/c23-17(18-9-15-19-11-5-1-2-6-12(11)20-15)24-10-16-21-13-7-3-4-8-14(13)22-16/h1-10,24H,(H,19,20)(H,21,22). The number of para-hydroxylation sites is 4. The number of aromatic amines is 2. The number of aromatic nitrogens is 4. The van der Waals surface area contributed by atoms with E-state index in [1.807, 2.05) is 53.9 Å². The van der Waals surface area contributed by atoms with Gasteiger partial charge in [0.1, 0.15) is 11.6 Å². The Morgan fingerprint density at radius 2 is 1.50 bits per heavy atom. The summed E-state index contributed by atoms with van der Waals surface area (Å²) < 4.78 is 0.552. The number of imidazole rings is 2. The molecule has 2 aromatic heterocycles. The molecule has 0 unspecified atom stereocenters. The van der Waals surface area contributed by atoms with E-state index in [-0.39, 0.29) is 0 Å². The van der Waals surface area contributed by atoms with Crippen molar-refractivity contribution >= 4 is 61.5 Å². The lowest BCUT2D eigenvalue weighted by atomic mass is 10.3. The molecule has 4 aromatic rings. The number of hydrogen-bond donors (Lipinski definition) is 3. The van der Waals surface area contributed by atoms with E-state index in [0.29, 0.717) is 10.1 Å². The Bertz CT molecular complexity index is 938. The summed E-state index contributed by atoms with van der Waals surface area (Å²) in [5.41, 5.74) is 3.85. The van der Waals surface area contributed by atoms with Crippen LogP contribution in [0, 0.1) is 0 Å². The highest BCUT2D eigenvalue weighted by molar-refractivity contribution is 8.21. The van der Waals surface area contributed by atoms with E-state index in [9.17, 15) is 0 Å². The molecule has 5 nitrogen and oxygen atoms in total. The van der Waals surface area contributed by atoms with Crippen LogP contribution < -0.4 is 0 Å².